The van der Waals surface area contributed by atoms with Crippen LogP contribution in [0.5, 0.6) is 0 Å². The second kappa shape index (κ2) is 9.32. The van der Waals surface area contributed by atoms with Crippen LogP contribution in [-0.2, 0) is 4.79 Å². The van der Waals surface area contributed by atoms with Crippen LogP contribution in [0, 0.1) is 0 Å². The van der Waals surface area contributed by atoms with Crippen LogP contribution in [-0.4, -0.2) is 41.8 Å². The number of nitrogens with two attached hydrogens (primary N) is 1. The van der Waals surface area contributed by atoms with E-state index < -0.39 is 6.04 Å². The number of imide groups is 1. The molecule has 1 aliphatic rings. The molecule has 0 radical (unpaired) electrons. The van der Waals surface area contributed by atoms with Gasteiger partial charge in [0.1, 0.15) is 0 Å². The van der Waals surface area contributed by atoms with Crippen molar-refractivity contribution in [2.75, 3.05) is 13.1 Å². The van der Waals surface area contributed by atoms with Gasteiger partial charge in [-0.3, -0.25) is 19.3 Å². The first-order valence-electron chi connectivity index (χ1n) is 9.04. The van der Waals surface area contributed by atoms with Gasteiger partial charge in [-0.1, -0.05) is 31.9 Å². The molecule has 0 spiro atoms. The van der Waals surface area contributed by atoms with Crippen molar-refractivity contribution < 1.29 is 14.4 Å². The number of carbonyl (C=O) groups is 3. The summed E-state index contributed by atoms with van der Waals surface area (Å²) in [7, 11) is 0. The Morgan fingerprint density at radius 3 is 2.32 bits per heavy atom. The summed E-state index contributed by atoms with van der Waals surface area (Å²) >= 11 is 0. The van der Waals surface area contributed by atoms with Gasteiger partial charge in [0.15, 0.2) is 0 Å². The molecule has 1 unspecified atom stereocenters. The van der Waals surface area contributed by atoms with Crippen LogP contribution in [0.2, 0.25) is 0 Å². The summed E-state index contributed by atoms with van der Waals surface area (Å²) in [6.45, 7) is 3.05. The summed E-state index contributed by atoms with van der Waals surface area (Å²) in [5, 5.41) is 2.84. The molecule has 3 N–H and O–H groups in total. The molecule has 1 aromatic carbocycles. The summed E-state index contributed by atoms with van der Waals surface area (Å²) in [6.07, 6.45) is 5.05. The lowest BCUT2D eigenvalue weighted by Crippen LogP contribution is -2.40. The zero-order valence-electron chi connectivity index (χ0n) is 14.8. The Kier molecular flexibility index (Phi) is 7.13. The molecule has 2 rings (SSSR count). The van der Waals surface area contributed by atoms with Crippen LogP contribution < -0.4 is 11.1 Å². The van der Waals surface area contributed by atoms with E-state index in [1.807, 2.05) is 0 Å². The van der Waals surface area contributed by atoms with E-state index in [2.05, 4.69) is 12.2 Å². The highest BCUT2D eigenvalue weighted by Crippen LogP contribution is 2.22. The molecule has 0 saturated carbocycles. The lowest BCUT2D eigenvalue weighted by Gasteiger charge is -2.14. The maximum Gasteiger partial charge on any atom is 0.261 e. The highest BCUT2D eigenvalue weighted by atomic mass is 16.2. The van der Waals surface area contributed by atoms with Gasteiger partial charge in [0.25, 0.3) is 11.8 Å². The lowest BCUT2D eigenvalue weighted by atomic mass is 10.1. The third kappa shape index (κ3) is 4.89. The highest BCUT2D eigenvalue weighted by molar-refractivity contribution is 6.21. The topological polar surface area (TPSA) is 92.5 Å². The van der Waals surface area contributed by atoms with Crippen molar-refractivity contribution >= 4 is 17.7 Å². The van der Waals surface area contributed by atoms with Gasteiger partial charge < -0.3 is 11.1 Å². The number of rotatable bonds is 10. The van der Waals surface area contributed by atoms with Gasteiger partial charge >= 0.3 is 0 Å². The maximum atomic E-state index is 12.2. The third-order valence-electron chi connectivity index (χ3n) is 4.44. The average Bonchev–Trinajstić information content (AvgIpc) is 2.87. The van der Waals surface area contributed by atoms with Crippen molar-refractivity contribution in [2.24, 2.45) is 5.73 Å². The number of unbranched alkanes of at least 4 members (excludes halogenated alkanes) is 3. The van der Waals surface area contributed by atoms with Gasteiger partial charge in [-0.25, -0.2) is 0 Å². The Bertz CT molecular complexity index is 595. The minimum absolute atomic E-state index is 0.103. The number of nitrogens with one attached hydrogen (secondary N) is 1. The minimum atomic E-state index is -0.432. The van der Waals surface area contributed by atoms with Crippen molar-refractivity contribution in [2.45, 2.75) is 51.5 Å². The third-order valence-corrected chi connectivity index (χ3v) is 4.44. The molecule has 25 heavy (non-hydrogen) atoms. The molecule has 0 bridgehead atoms. The molecule has 0 aliphatic carbocycles. The molecule has 0 saturated heterocycles. The van der Waals surface area contributed by atoms with E-state index in [4.69, 9.17) is 5.73 Å². The zero-order valence-corrected chi connectivity index (χ0v) is 14.8. The van der Waals surface area contributed by atoms with E-state index in [0.717, 1.165) is 32.1 Å². The van der Waals surface area contributed by atoms with E-state index in [-0.39, 0.29) is 17.7 Å². The fourth-order valence-corrected chi connectivity index (χ4v) is 2.91. The van der Waals surface area contributed by atoms with Crippen LogP contribution in [0.15, 0.2) is 24.3 Å². The Hall–Kier alpha value is -2.21. The Morgan fingerprint density at radius 1 is 1.08 bits per heavy atom. The molecule has 1 aliphatic heterocycles. The summed E-state index contributed by atoms with van der Waals surface area (Å²) in [5.41, 5.74) is 6.78. The maximum absolute atomic E-state index is 12.2. The number of fused-ring (bicyclic) bond motifs is 1. The molecule has 136 valence electrons. The minimum Gasteiger partial charge on any atom is -0.355 e. The van der Waals surface area contributed by atoms with Crippen molar-refractivity contribution in [1.82, 2.24) is 10.2 Å². The number of hydrogen-bond donors (Lipinski definition) is 2. The first-order chi connectivity index (χ1) is 12.1. The largest absolute Gasteiger partial charge is 0.355 e. The Balaban J connectivity index is 1.64. The number of carbonyl (C=O) groups excluding carboxylic acids is 3. The van der Waals surface area contributed by atoms with Crippen LogP contribution in [0.4, 0.5) is 0 Å². The fraction of sp³-hybridized carbons (Fsp3) is 0.526. The van der Waals surface area contributed by atoms with E-state index >= 15 is 0 Å². The molecule has 6 nitrogen and oxygen atoms in total. The van der Waals surface area contributed by atoms with Gasteiger partial charge in [-0.2, -0.15) is 0 Å². The number of nitrogens with zero attached hydrogens (tertiary/aromatic N) is 1. The first kappa shape index (κ1) is 19.1. The van der Waals surface area contributed by atoms with Crippen molar-refractivity contribution in [3.05, 3.63) is 35.4 Å². The molecular weight excluding hydrogens is 318 g/mol. The Morgan fingerprint density at radius 2 is 1.72 bits per heavy atom. The molecule has 1 aromatic rings. The molecule has 1 heterocycles. The standard InChI is InChI=1S/C19H27N3O3/c1-2-3-11-16(20)17(23)21-12-7-4-8-13-22-18(24)14-9-5-6-10-15(14)19(22)25/h5-6,9-10,16H,2-4,7-8,11-13,20H2,1H3,(H,21,23). The predicted molar refractivity (Wildman–Crippen MR) is 96.2 cm³/mol. The second-order valence-electron chi connectivity index (χ2n) is 6.41. The van der Waals surface area contributed by atoms with E-state index in [9.17, 15) is 14.4 Å². The molecule has 3 amide bonds. The van der Waals surface area contributed by atoms with E-state index in [1.54, 1.807) is 24.3 Å². The van der Waals surface area contributed by atoms with Gasteiger partial charge in [-0.15, -0.1) is 0 Å². The summed E-state index contributed by atoms with van der Waals surface area (Å²) in [5.74, 6) is -0.527. The van der Waals surface area contributed by atoms with E-state index in [0.29, 0.717) is 30.6 Å². The summed E-state index contributed by atoms with van der Waals surface area (Å²) in [6, 6.07) is 6.47. The smallest absolute Gasteiger partial charge is 0.261 e. The average molecular weight is 345 g/mol. The first-order valence-corrected chi connectivity index (χ1v) is 9.04. The van der Waals surface area contributed by atoms with Gasteiger partial charge in [0, 0.05) is 13.1 Å². The van der Waals surface area contributed by atoms with Crippen LogP contribution in [0.1, 0.15) is 66.2 Å². The summed E-state index contributed by atoms with van der Waals surface area (Å²) in [4.78, 5) is 37.5. The van der Waals surface area contributed by atoms with Crippen LogP contribution in [0.3, 0.4) is 0 Å². The number of amides is 3. The molecule has 0 fully saturated rings. The number of hydrogen-bond acceptors (Lipinski definition) is 4. The lowest BCUT2D eigenvalue weighted by molar-refractivity contribution is -0.122. The van der Waals surface area contributed by atoms with Crippen LogP contribution in [0.25, 0.3) is 0 Å². The number of benzene rings is 1. The quantitative estimate of drug-likeness (QED) is 0.502. The van der Waals surface area contributed by atoms with Crippen LogP contribution >= 0.6 is 0 Å². The second-order valence-corrected chi connectivity index (χ2v) is 6.41. The zero-order chi connectivity index (χ0) is 18.2. The molecular formula is C19H27N3O3. The predicted octanol–water partition coefficient (Wildman–Crippen LogP) is 2.09. The molecule has 1 atom stereocenters. The SMILES string of the molecule is CCCCC(N)C(=O)NCCCCCN1C(=O)c2ccccc2C1=O. The van der Waals surface area contributed by atoms with Gasteiger partial charge in [0.05, 0.1) is 17.2 Å². The van der Waals surface area contributed by atoms with Gasteiger partial charge in [-0.05, 0) is 37.8 Å². The van der Waals surface area contributed by atoms with Crippen molar-refractivity contribution in [3.63, 3.8) is 0 Å². The summed E-state index contributed by atoms with van der Waals surface area (Å²) < 4.78 is 0. The normalized spacial score (nSPS) is 14.6. The fourth-order valence-electron chi connectivity index (χ4n) is 2.91. The molecule has 0 aromatic heterocycles. The van der Waals surface area contributed by atoms with Gasteiger partial charge in [0.2, 0.25) is 5.91 Å². The molecule has 6 heteroatoms. The monoisotopic (exact) mass is 345 g/mol. The van der Waals surface area contributed by atoms with Crippen molar-refractivity contribution in [1.29, 1.82) is 0 Å². The van der Waals surface area contributed by atoms with Crippen molar-refractivity contribution in [3.8, 4) is 0 Å². The Labute approximate surface area is 148 Å². The highest BCUT2D eigenvalue weighted by Gasteiger charge is 2.34. The van der Waals surface area contributed by atoms with E-state index in [1.165, 1.54) is 4.90 Å².